The molecule has 107 heavy (non-hydrogen) atoms. The van der Waals surface area contributed by atoms with Crippen LogP contribution in [0.1, 0.15) is 239 Å². The Bertz CT molecular complexity index is 3460. The van der Waals surface area contributed by atoms with E-state index in [1.54, 1.807) is 41.9 Å². The zero-order chi connectivity index (χ0) is 75.1. The van der Waals surface area contributed by atoms with E-state index in [0.717, 1.165) is 90.4 Å². The SMILES string of the molecule is C.C.CC(=O)O[C@@H]([C@H]1C[C@@H](C)[C@H]2[C@H](O1)C(=O)[C@@]1(C)[C@@H]3CC[C@H]4C(C)(C)[C@@H](O[C@H]5CN(Cc6ccccc6)CCO5)CCC45C[C@@]35CC[C@]21C)C(C)(C)O.COCO[C@H](OC)O[C@H]1CCC23C[C@]24CC[C@]2(C)[C@H]5[C@H](C)C[C@H]([C@H](OC(C)=O)C(C)(C)O)O[C@@H]5C(=O)[C@@]2(C)[C@@H]4CC[C@H]3C1(C)C.[Cl-].[NH3+]Cc1ccccc1. The van der Waals surface area contributed by atoms with E-state index in [2.05, 4.69) is 122 Å². The molecule has 0 radical (unpaired) electrons. The number of carbonyl (C=O) groups is 4. The van der Waals surface area contributed by atoms with Crippen LogP contribution < -0.4 is 18.1 Å². The normalized spacial score (nSPS) is 42.9. The molecule has 0 amide bonds. The molecule has 18 nitrogen and oxygen atoms in total. The lowest BCUT2D eigenvalue weighted by Crippen LogP contribution is -3.00. The summed E-state index contributed by atoms with van der Waals surface area (Å²) in [7, 11) is 3.19. The van der Waals surface area contributed by atoms with Gasteiger partial charge < -0.3 is 75.7 Å². The van der Waals surface area contributed by atoms with Gasteiger partial charge in [-0.2, -0.15) is 0 Å². The van der Waals surface area contributed by atoms with E-state index in [9.17, 15) is 24.6 Å². The van der Waals surface area contributed by atoms with Gasteiger partial charge in [0.1, 0.15) is 12.2 Å². The topological polar surface area (TPSA) is 232 Å². The number of Topliss-reactive ketones (excluding diaryl/α,β-unsaturated/α-hetero) is 2. The van der Waals surface area contributed by atoms with Crippen molar-refractivity contribution in [3.05, 3.63) is 71.8 Å². The summed E-state index contributed by atoms with van der Waals surface area (Å²) in [4.78, 5) is 56.6. The van der Waals surface area contributed by atoms with Crippen LogP contribution in [0.2, 0.25) is 0 Å². The Labute approximate surface area is 648 Å². The molecular weight excluding hydrogens is 1380 g/mol. The summed E-state index contributed by atoms with van der Waals surface area (Å²) in [5.74, 6) is 1.96. The molecule has 19 heteroatoms. The maximum atomic E-state index is 15.1. The average Bonchev–Trinajstić information content (AvgIpc) is 1.46. The highest BCUT2D eigenvalue weighted by Gasteiger charge is 2.87. The van der Waals surface area contributed by atoms with E-state index in [1.165, 1.54) is 50.7 Å². The van der Waals surface area contributed by atoms with Crippen molar-refractivity contribution in [2.75, 3.05) is 40.7 Å². The number of nitrogens with zero attached hydrogens (tertiary/aromatic N) is 1. The first-order valence-electron chi connectivity index (χ1n) is 40.2. The first-order valence-corrected chi connectivity index (χ1v) is 40.2. The third kappa shape index (κ3) is 13.7. The van der Waals surface area contributed by atoms with Crippen molar-refractivity contribution in [3.8, 4) is 0 Å². The number of aliphatic hydroxyl groups is 2. The van der Waals surface area contributed by atoms with Crippen molar-refractivity contribution in [1.82, 2.24) is 4.90 Å². The van der Waals surface area contributed by atoms with Gasteiger partial charge in [-0.05, 0) is 215 Å². The molecule has 3 aliphatic heterocycles. The second kappa shape index (κ2) is 30.7. The molecule has 2 aromatic rings. The zero-order valence-electron chi connectivity index (χ0n) is 66.9. The van der Waals surface area contributed by atoms with Gasteiger partial charge >= 0.3 is 11.9 Å². The monoisotopic (exact) mass is 1510 g/mol. The fourth-order valence-electron chi connectivity index (χ4n) is 27.6. The summed E-state index contributed by atoms with van der Waals surface area (Å²) < 4.78 is 60.7. The molecule has 0 bridgehead atoms. The van der Waals surface area contributed by atoms with Crippen molar-refractivity contribution in [1.29, 1.82) is 0 Å². The summed E-state index contributed by atoms with van der Waals surface area (Å²) in [6.45, 7) is 36.5. The number of ether oxygens (including phenoxy) is 10. The van der Waals surface area contributed by atoms with Crippen LogP contribution in [0.3, 0.4) is 0 Å². The number of rotatable bonds is 17. The Kier molecular flexibility index (Phi) is 24.7. The first kappa shape index (κ1) is 85.9. The summed E-state index contributed by atoms with van der Waals surface area (Å²) in [6.07, 6.45) is 12.9. The number of quaternary nitrogens is 1. The lowest BCUT2D eigenvalue weighted by molar-refractivity contribution is -0.386. The van der Waals surface area contributed by atoms with E-state index in [-0.39, 0.29) is 131 Å². The van der Waals surface area contributed by atoms with Gasteiger partial charge in [0.2, 0.25) is 0 Å². The second-order valence-corrected chi connectivity index (χ2v) is 38.7. The molecule has 26 atom stereocenters. The van der Waals surface area contributed by atoms with Crippen LogP contribution in [0, 0.1) is 101 Å². The maximum Gasteiger partial charge on any atom is 0.303 e. The van der Waals surface area contributed by atoms with Gasteiger partial charge in [-0.15, -0.1) is 0 Å². The van der Waals surface area contributed by atoms with Crippen molar-refractivity contribution >= 4 is 23.5 Å². The summed E-state index contributed by atoms with van der Waals surface area (Å²) in [6, 6.07) is 20.9. The molecular formula is C88H139ClN2O16. The average molecular weight is 1520 g/mol. The largest absolute Gasteiger partial charge is 1.00 e. The minimum absolute atomic E-state index is 0. The Morgan fingerprint density at radius 1 is 0.607 bits per heavy atom. The smallest absolute Gasteiger partial charge is 0.303 e. The fourth-order valence-corrected chi connectivity index (χ4v) is 27.6. The van der Waals surface area contributed by atoms with Crippen LogP contribution in [0.15, 0.2) is 60.7 Å². The van der Waals surface area contributed by atoms with Crippen molar-refractivity contribution in [3.63, 3.8) is 0 Å². The maximum absolute atomic E-state index is 15.1. The van der Waals surface area contributed by atoms with Gasteiger partial charge in [-0.1, -0.05) is 145 Å². The number of methoxy groups -OCH3 is 2. The number of fused-ring (bicyclic) bond motifs is 8. The molecule has 13 aliphatic rings. The van der Waals surface area contributed by atoms with Crippen LogP contribution in [0.25, 0.3) is 0 Å². The number of esters is 2. The van der Waals surface area contributed by atoms with E-state index >= 15 is 4.79 Å². The molecule has 604 valence electrons. The molecule has 4 spiro atoms. The molecule has 3 saturated heterocycles. The molecule has 2 unspecified atom stereocenters. The van der Waals surface area contributed by atoms with Crippen LogP contribution in [0.5, 0.6) is 0 Å². The van der Waals surface area contributed by atoms with Crippen LogP contribution >= 0.6 is 0 Å². The number of hydrogen-bond donors (Lipinski definition) is 3. The standard InChI is InChI=1S/C43H63NO7.C36H58O9.C7H9N.2CH4.ClH/c1-26-22-29(37(39(5,6)47)49-27(2)45)50-35-34(26)40(7)18-19-43-25-42(43)17-16-32(38(3,4)30(42)14-15-31(43)41(40,8)36(35)46)51-33-24-44(20-21-48-33)23-28-12-10-9-11-13-28;1-20-17-22(29(32(5,6)39)43-21(2)37)44-27-26(20)33(7)15-16-36-18-35(36)14-13-25(45-30(41-10)42-19-40-9)31(3,4)23(35)11-12-24(36)34(33,8)28(27)38;8-6-7-4-2-1-3-5-7;;;/h9-13,26,29-35,37,47H,14-25H2,1-8H3;20,22-27,29-30,39H,11-19H2,1-10H3;1-5H,6,8H2;2*1H4;1H/t26-,29-,30+,31+,32+,33+,34+,35+,37+,40-,41-,42?,43+;20-,22-,23+,24+,25+,26+,27+,29+,30+,33-,34-,35?,36+;;;;/m11..../s1. The van der Waals surface area contributed by atoms with Gasteiger partial charge in [-0.3, -0.25) is 24.1 Å². The molecule has 0 aromatic heterocycles. The van der Waals surface area contributed by atoms with Gasteiger partial charge in [-0.25, -0.2) is 0 Å². The number of morpholine rings is 1. The third-order valence-electron chi connectivity index (χ3n) is 32.3. The quantitative estimate of drug-likeness (QED) is 0.0987. The van der Waals surface area contributed by atoms with Crippen molar-refractivity contribution in [2.24, 2.45) is 101 Å². The number of carbonyl (C=O) groups excluding carboxylic acids is 4. The van der Waals surface area contributed by atoms with E-state index in [0.29, 0.717) is 43.1 Å². The van der Waals surface area contributed by atoms with Crippen LogP contribution in [0.4, 0.5) is 0 Å². The first-order chi connectivity index (χ1) is 48.8. The minimum atomic E-state index is -1.29. The zero-order valence-corrected chi connectivity index (χ0v) is 67.6. The second-order valence-electron chi connectivity index (χ2n) is 38.7. The molecule has 3 heterocycles. The number of hydrogen-bond acceptors (Lipinski definition) is 17. The molecule has 13 fully saturated rings. The van der Waals surface area contributed by atoms with Gasteiger partial charge in [0.25, 0.3) is 6.48 Å². The van der Waals surface area contributed by atoms with Crippen LogP contribution in [-0.2, 0) is 79.6 Å². The highest BCUT2D eigenvalue weighted by molar-refractivity contribution is 5.94. The number of halogens is 1. The Balaban J connectivity index is 0.000000203. The van der Waals surface area contributed by atoms with E-state index in [4.69, 9.17) is 47.4 Å². The molecule has 10 saturated carbocycles. The summed E-state index contributed by atoms with van der Waals surface area (Å²) in [5.41, 5.74) is 3.32. The molecule has 15 rings (SSSR count). The Morgan fingerprint density at radius 3 is 1.44 bits per heavy atom. The molecule has 10 aliphatic carbocycles. The van der Waals surface area contributed by atoms with Crippen molar-refractivity contribution < 1.29 is 94.9 Å². The minimum Gasteiger partial charge on any atom is -1.00 e. The number of ketones is 2. The third-order valence-corrected chi connectivity index (χ3v) is 32.3. The predicted molar refractivity (Wildman–Crippen MR) is 405 cm³/mol. The predicted octanol–water partition coefficient (Wildman–Crippen LogP) is 11.3. The number of benzene rings is 2. The Hall–Kier alpha value is -3.47. The van der Waals surface area contributed by atoms with E-state index in [1.807, 2.05) is 18.2 Å². The van der Waals surface area contributed by atoms with Crippen LogP contribution in [-0.4, -0.2) is 152 Å². The summed E-state index contributed by atoms with van der Waals surface area (Å²) >= 11 is 0. The van der Waals surface area contributed by atoms with Gasteiger partial charge in [0.15, 0.2) is 36.9 Å². The van der Waals surface area contributed by atoms with Gasteiger partial charge in [0, 0.05) is 75.9 Å². The molecule has 5 N–H and O–H groups in total. The van der Waals surface area contributed by atoms with Crippen molar-refractivity contribution in [2.45, 2.75) is 314 Å². The lowest BCUT2D eigenvalue weighted by atomic mass is 9.41. The lowest BCUT2D eigenvalue weighted by Gasteiger charge is -2.62. The fraction of sp³-hybridized carbons (Fsp3) is 0.818. The highest BCUT2D eigenvalue weighted by atomic mass is 35.5. The Morgan fingerprint density at radius 2 is 1.03 bits per heavy atom. The van der Waals surface area contributed by atoms with Gasteiger partial charge in [0.05, 0.1) is 48.8 Å². The molecule has 2 aromatic carbocycles. The summed E-state index contributed by atoms with van der Waals surface area (Å²) in [5, 5.41) is 22.0. The highest BCUT2D eigenvalue weighted by Crippen LogP contribution is 2.91. The van der Waals surface area contributed by atoms with E-state index < -0.39 is 77.1 Å².